The SMILES string of the molecule is Cc1nc(CN(C)C(=O)CCNC(C)C)n[nH]1. The molecule has 1 aromatic heterocycles. The standard InChI is InChI=1S/C11H21N5O/c1-8(2)12-6-5-11(17)16(4)7-10-13-9(3)14-15-10/h8,12H,5-7H2,1-4H3,(H,13,14,15). The first-order chi connectivity index (χ1) is 7.99. The Balaban J connectivity index is 2.31. The Morgan fingerprint density at radius 1 is 1.53 bits per heavy atom. The van der Waals surface area contributed by atoms with Gasteiger partial charge in [0.05, 0.1) is 6.54 Å². The molecule has 96 valence electrons. The number of H-pyrrole nitrogens is 1. The molecule has 2 N–H and O–H groups in total. The number of amides is 1. The van der Waals surface area contributed by atoms with E-state index in [1.807, 2.05) is 6.92 Å². The Morgan fingerprint density at radius 3 is 2.76 bits per heavy atom. The van der Waals surface area contributed by atoms with Crippen molar-refractivity contribution in [2.24, 2.45) is 0 Å². The fourth-order valence-electron chi connectivity index (χ4n) is 1.42. The highest BCUT2D eigenvalue weighted by Crippen LogP contribution is 1.99. The lowest BCUT2D eigenvalue weighted by Crippen LogP contribution is -2.32. The topological polar surface area (TPSA) is 73.9 Å². The molecule has 0 saturated carbocycles. The molecular weight excluding hydrogens is 218 g/mol. The molecule has 1 rings (SSSR count). The van der Waals surface area contributed by atoms with Crippen molar-refractivity contribution in [2.45, 2.75) is 39.8 Å². The highest BCUT2D eigenvalue weighted by Gasteiger charge is 2.11. The van der Waals surface area contributed by atoms with Gasteiger partial charge in [0.15, 0.2) is 5.82 Å². The molecule has 1 aromatic rings. The minimum atomic E-state index is 0.0978. The van der Waals surface area contributed by atoms with Crippen molar-refractivity contribution >= 4 is 5.91 Å². The first-order valence-corrected chi connectivity index (χ1v) is 5.84. The Kier molecular flexibility index (Phi) is 5.09. The molecule has 0 saturated heterocycles. The summed E-state index contributed by atoms with van der Waals surface area (Å²) >= 11 is 0. The molecule has 0 aliphatic carbocycles. The highest BCUT2D eigenvalue weighted by molar-refractivity contribution is 5.75. The summed E-state index contributed by atoms with van der Waals surface area (Å²) in [5, 5.41) is 9.97. The van der Waals surface area contributed by atoms with Gasteiger partial charge in [0.2, 0.25) is 5.91 Å². The van der Waals surface area contributed by atoms with Crippen LogP contribution < -0.4 is 5.32 Å². The lowest BCUT2D eigenvalue weighted by molar-refractivity contribution is -0.130. The number of nitrogens with one attached hydrogen (secondary N) is 2. The monoisotopic (exact) mass is 239 g/mol. The maximum atomic E-state index is 11.8. The number of aromatic nitrogens is 3. The van der Waals surface area contributed by atoms with Crippen LogP contribution in [0.25, 0.3) is 0 Å². The Bertz CT molecular complexity index is 360. The Labute approximate surface area is 102 Å². The average Bonchev–Trinajstić information content (AvgIpc) is 2.63. The molecular formula is C11H21N5O. The number of rotatable bonds is 6. The van der Waals surface area contributed by atoms with Crippen LogP contribution in [0.2, 0.25) is 0 Å². The number of aryl methyl sites for hydroxylation is 1. The molecule has 0 aliphatic rings. The van der Waals surface area contributed by atoms with Gasteiger partial charge in [-0.15, -0.1) is 0 Å². The van der Waals surface area contributed by atoms with Crippen LogP contribution in [0.3, 0.4) is 0 Å². The van der Waals surface area contributed by atoms with E-state index in [-0.39, 0.29) is 5.91 Å². The van der Waals surface area contributed by atoms with Gasteiger partial charge in [-0.05, 0) is 6.92 Å². The molecule has 0 radical (unpaired) electrons. The van der Waals surface area contributed by atoms with Crippen LogP contribution in [0.15, 0.2) is 0 Å². The third kappa shape index (κ3) is 4.95. The normalized spacial score (nSPS) is 10.9. The van der Waals surface area contributed by atoms with E-state index >= 15 is 0 Å². The fourth-order valence-corrected chi connectivity index (χ4v) is 1.42. The zero-order valence-electron chi connectivity index (χ0n) is 10.9. The van der Waals surface area contributed by atoms with Crippen molar-refractivity contribution in [1.82, 2.24) is 25.4 Å². The Morgan fingerprint density at radius 2 is 2.24 bits per heavy atom. The second-order valence-electron chi connectivity index (χ2n) is 4.45. The number of hydrogen-bond acceptors (Lipinski definition) is 4. The molecule has 17 heavy (non-hydrogen) atoms. The van der Waals surface area contributed by atoms with Crippen molar-refractivity contribution in [1.29, 1.82) is 0 Å². The van der Waals surface area contributed by atoms with Crippen LogP contribution in [0.1, 0.15) is 31.9 Å². The zero-order chi connectivity index (χ0) is 12.8. The average molecular weight is 239 g/mol. The van der Waals surface area contributed by atoms with Crippen molar-refractivity contribution < 1.29 is 4.79 Å². The molecule has 0 fully saturated rings. The molecule has 1 heterocycles. The summed E-state index contributed by atoms with van der Waals surface area (Å²) in [7, 11) is 1.77. The van der Waals surface area contributed by atoms with Crippen LogP contribution in [-0.2, 0) is 11.3 Å². The molecule has 0 aliphatic heterocycles. The molecule has 6 heteroatoms. The second-order valence-corrected chi connectivity index (χ2v) is 4.45. The van der Waals surface area contributed by atoms with Gasteiger partial charge in [-0.25, -0.2) is 4.98 Å². The predicted molar refractivity (Wildman–Crippen MR) is 65.3 cm³/mol. The summed E-state index contributed by atoms with van der Waals surface area (Å²) in [5.41, 5.74) is 0. The van der Waals surface area contributed by atoms with Crippen molar-refractivity contribution in [3.63, 3.8) is 0 Å². The minimum absolute atomic E-state index is 0.0978. The summed E-state index contributed by atoms with van der Waals surface area (Å²) in [6.07, 6.45) is 0.498. The fraction of sp³-hybridized carbons (Fsp3) is 0.727. The predicted octanol–water partition coefficient (Wildman–Crippen LogP) is 0.460. The van der Waals surface area contributed by atoms with E-state index in [2.05, 4.69) is 34.3 Å². The van der Waals surface area contributed by atoms with Crippen LogP contribution in [0.5, 0.6) is 0 Å². The van der Waals surface area contributed by atoms with Crippen molar-refractivity contribution in [3.8, 4) is 0 Å². The van der Waals surface area contributed by atoms with Gasteiger partial charge in [-0.1, -0.05) is 13.8 Å². The number of carbonyl (C=O) groups is 1. The molecule has 0 spiro atoms. The third-order valence-electron chi connectivity index (χ3n) is 2.34. The summed E-state index contributed by atoms with van der Waals surface area (Å²) in [6.45, 7) is 7.11. The van der Waals surface area contributed by atoms with Gasteiger partial charge in [0.25, 0.3) is 0 Å². The Hall–Kier alpha value is -1.43. The van der Waals surface area contributed by atoms with E-state index in [4.69, 9.17) is 0 Å². The lowest BCUT2D eigenvalue weighted by Gasteiger charge is -2.16. The summed E-state index contributed by atoms with van der Waals surface area (Å²) in [4.78, 5) is 17.6. The van der Waals surface area contributed by atoms with Gasteiger partial charge >= 0.3 is 0 Å². The van der Waals surface area contributed by atoms with Gasteiger partial charge in [-0.2, -0.15) is 5.10 Å². The van der Waals surface area contributed by atoms with Gasteiger partial charge in [-0.3, -0.25) is 9.89 Å². The molecule has 0 bridgehead atoms. The lowest BCUT2D eigenvalue weighted by atomic mass is 10.3. The summed E-state index contributed by atoms with van der Waals surface area (Å²) in [5.74, 6) is 1.51. The largest absolute Gasteiger partial charge is 0.338 e. The van der Waals surface area contributed by atoms with Gasteiger partial charge < -0.3 is 10.2 Å². The zero-order valence-corrected chi connectivity index (χ0v) is 10.9. The van der Waals surface area contributed by atoms with E-state index in [1.54, 1.807) is 11.9 Å². The van der Waals surface area contributed by atoms with Crippen LogP contribution in [0, 0.1) is 6.92 Å². The van der Waals surface area contributed by atoms with E-state index in [1.165, 1.54) is 0 Å². The molecule has 0 aromatic carbocycles. The van der Waals surface area contributed by atoms with E-state index < -0.39 is 0 Å². The third-order valence-corrected chi connectivity index (χ3v) is 2.34. The summed E-state index contributed by atoms with van der Waals surface area (Å²) < 4.78 is 0. The number of carbonyl (C=O) groups excluding carboxylic acids is 1. The highest BCUT2D eigenvalue weighted by atomic mass is 16.2. The first kappa shape index (κ1) is 13.6. The van der Waals surface area contributed by atoms with E-state index in [9.17, 15) is 4.79 Å². The van der Waals surface area contributed by atoms with Crippen LogP contribution >= 0.6 is 0 Å². The number of hydrogen-bond donors (Lipinski definition) is 2. The quantitative estimate of drug-likeness (QED) is 0.756. The van der Waals surface area contributed by atoms with Crippen molar-refractivity contribution in [2.75, 3.05) is 13.6 Å². The maximum absolute atomic E-state index is 11.8. The van der Waals surface area contributed by atoms with Crippen LogP contribution in [-0.4, -0.2) is 45.6 Å². The second kappa shape index (κ2) is 6.34. The van der Waals surface area contributed by atoms with Crippen molar-refractivity contribution in [3.05, 3.63) is 11.6 Å². The van der Waals surface area contributed by atoms with Crippen LogP contribution in [0.4, 0.5) is 0 Å². The summed E-state index contributed by atoms with van der Waals surface area (Å²) in [6, 6.07) is 0.406. The smallest absolute Gasteiger partial charge is 0.223 e. The number of nitrogens with zero attached hydrogens (tertiary/aromatic N) is 3. The molecule has 0 unspecified atom stereocenters. The molecule has 1 amide bonds. The minimum Gasteiger partial charge on any atom is -0.338 e. The van der Waals surface area contributed by atoms with E-state index in [0.29, 0.717) is 31.4 Å². The molecule has 6 nitrogen and oxygen atoms in total. The maximum Gasteiger partial charge on any atom is 0.223 e. The first-order valence-electron chi connectivity index (χ1n) is 5.84. The molecule has 0 atom stereocenters. The number of aromatic amines is 1. The van der Waals surface area contributed by atoms with E-state index in [0.717, 1.165) is 5.82 Å². The van der Waals surface area contributed by atoms with Gasteiger partial charge in [0.1, 0.15) is 5.82 Å². The van der Waals surface area contributed by atoms with Gasteiger partial charge in [0, 0.05) is 26.1 Å².